The fourth-order valence-electron chi connectivity index (χ4n) is 4.38. The number of hydrogen-bond donors (Lipinski definition) is 2. The van der Waals surface area contributed by atoms with Crippen LogP contribution >= 0.6 is 0 Å². The molecule has 10 nitrogen and oxygen atoms in total. The van der Waals surface area contributed by atoms with E-state index < -0.39 is 54.6 Å². The molecule has 266 valence electrons. The fraction of sp³-hybridized carbons (Fsp3) is 0.200. The van der Waals surface area contributed by atoms with Gasteiger partial charge in [0.15, 0.2) is 5.69 Å². The largest absolute Gasteiger partial charge is 0.492 e. The van der Waals surface area contributed by atoms with Gasteiger partial charge in [0.1, 0.15) is 32.1 Å². The number of ether oxygens (including phenoxy) is 3. The van der Waals surface area contributed by atoms with Crippen molar-refractivity contribution in [3.8, 4) is 5.75 Å². The molecule has 0 atom stereocenters. The second-order valence-electron chi connectivity index (χ2n) is 10.5. The standard InChI is InChI=1S/C35H29F6N5O5/c1-42-30-17-14-27(20-29(30)35(39,40)41)46(23-34(36,37)38)18-19-49-28-15-12-26(13-16-28)43-31(44-32(47)50-21-24-8-4-2-5-9-24)45-33(48)51-22-25-10-6-3-7-11-25/h2-17,20H,18-19,21-23H2,(H2,43,44,45,47,48). The van der Waals surface area contributed by atoms with Crippen LogP contribution in [0.5, 0.6) is 5.75 Å². The minimum Gasteiger partial charge on any atom is -0.492 e. The lowest BCUT2D eigenvalue weighted by atomic mass is 10.1. The first-order chi connectivity index (χ1) is 24.3. The number of anilines is 1. The van der Waals surface area contributed by atoms with Crippen molar-refractivity contribution >= 4 is 35.2 Å². The molecule has 0 aliphatic heterocycles. The van der Waals surface area contributed by atoms with Gasteiger partial charge in [0.2, 0.25) is 5.96 Å². The maximum atomic E-state index is 13.5. The summed E-state index contributed by atoms with van der Waals surface area (Å²) in [4.78, 5) is 32.7. The Morgan fingerprint density at radius 1 is 0.765 bits per heavy atom. The van der Waals surface area contributed by atoms with E-state index in [1.54, 1.807) is 60.7 Å². The van der Waals surface area contributed by atoms with Crippen molar-refractivity contribution in [2.45, 2.75) is 25.6 Å². The molecule has 0 aliphatic carbocycles. The number of alkyl carbamates (subject to hydrolysis) is 2. The number of halogens is 6. The summed E-state index contributed by atoms with van der Waals surface area (Å²) in [6.07, 6.45) is -11.6. The third-order valence-corrected chi connectivity index (χ3v) is 6.72. The smallest absolute Gasteiger partial charge is 0.414 e. The molecule has 0 saturated carbocycles. The first-order valence-corrected chi connectivity index (χ1v) is 15.0. The molecule has 0 saturated heterocycles. The molecule has 0 fully saturated rings. The van der Waals surface area contributed by atoms with Crippen molar-refractivity contribution in [1.29, 1.82) is 0 Å². The number of carbonyl (C=O) groups is 2. The van der Waals surface area contributed by atoms with Crippen LogP contribution in [0.15, 0.2) is 108 Å². The molecule has 0 radical (unpaired) electrons. The first-order valence-electron chi connectivity index (χ1n) is 15.0. The average Bonchev–Trinajstić information content (AvgIpc) is 3.10. The summed E-state index contributed by atoms with van der Waals surface area (Å²) in [7, 11) is 0. The Morgan fingerprint density at radius 2 is 1.31 bits per heavy atom. The van der Waals surface area contributed by atoms with Gasteiger partial charge in [-0.05, 0) is 47.5 Å². The number of nitrogens with zero attached hydrogens (tertiary/aromatic N) is 3. The molecule has 2 amide bonds. The highest BCUT2D eigenvalue weighted by Gasteiger charge is 2.36. The number of alkyl halides is 6. The number of benzene rings is 4. The van der Waals surface area contributed by atoms with E-state index in [0.29, 0.717) is 22.1 Å². The summed E-state index contributed by atoms with van der Waals surface area (Å²) in [6.45, 7) is 4.43. The van der Waals surface area contributed by atoms with Gasteiger partial charge in [0.05, 0.1) is 24.4 Å². The molecule has 0 unspecified atom stereocenters. The van der Waals surface area contributed by atoms with Crippen molar-refractivity contribution in [3.63, 3.8) is 0 Å². The second-order valence-corrected chi connectivity index (χ2v) is 10.5. The summed E-state index contributed by atoms with van der Waals surface area (Å²) in [6, 6.07) is 25.6. The monoisotopic (exact) mass is 713 g/mol. The van der Waals surface area contributed by atoms with E-state index >= 15 is 0 Å². The van der Waals surface area contributed by atoms with Gasteiger partial charge >= 0.3 is 24.5 Å². The molecule has 16 heteroatoms. The molecule has 4 rings (SSSR count). The third-order valence-electron chi connectivity index (χ3n) is 6.72. The molecule has 4 aromatic carbocycles. The van der Waals surface area contributed by atoms with Crippen LogP contribution in [0.4, 0.5) is 53.0 Å². The highest BCUT2D eigenvalue weighted by molar-refractivity contribution is 6.02. The van der Waals surface area contributed by atoms with Crippen LogP contribution in [-0.4, -0.2) is 44.0 Å². The molecular formula is C35H29F6N5O5. The van der Waals surface area contributed by atoms with Crippen LogP contribution in [0.2, 0.25) is 0 Å². The van der Waals surface area contributed by atoms with Crippen molar-refractivity contribution in [2.75, 3.05) is 24.6 Å². The molecule has 4 aromatic rings. The van der Waals surface area contributed by atoms with Gasteiger partial charge in [-0.2, -0.15) is 26.3 Å². The van der Waals surface area contributed by atoms with Gasteiger partial charge in [-0.3, -0.25) is 10.6 Å². The number of hydrogen-bond acceptors (Lipinski definition) is 7. The zero-order valence-corrected chi connectivity index (χ0v) is 26.5. The Hall–Kier alpha value is -6.24. The van der Waals surface area contributed by atoms with Crippen molar-refractivity contribution in [2.24, 2.45) is 4.99 Å². The molecular weight excluding hydrogens is 684 g/mol. The average molecular weight is 714 g/mol. The highest BCUT2D eigenvalue weighted by atomic mass is 19.4. The van der Waals surface area contributed by atoms with Crippen LogP contribution in [0, 0.1) is 6.57 Å². The van der Waals surface area contributed by atoms with Gasteiger partial charge in [-0.25, -0.2) is 19.4 Å². The van der Waals surface area contributed by atoms with Gasteiger partial charge in [0, 0.05) is 5.69 Å². The van der Waals surface area contributed by atoms with Crippen molar-refractivity contribution in [3.05, 3.63) is 131 Å². The first kappa shape index (κ1) is 37.6. The Balaban J connectivity index is 1.43. The number of guanidine groups is 1. The molecule has 0 aliphatic rings. The van der Waals surface area contributed by atoms with E-state index in [2.05, 4.69) is 20.5 Å². The number of carbonyl (C=O) groups excluding carboxylic acids is 2. The zero-order valence-electron chi connectivity index (χ0n) is 26.5. The SMILES string of the molecule is [C-]#[N+]c1ccc(N(CCOc2ccc(N=C(NC(=O)OCc3ccccc3)NC(=O)OCc3ccccc3)cc2)CC(F)(F)F)cc1C(F)(F)F. The third kappa shape index (κ3) is 12.6. The zero-order chi connectivity index (χ0) is 36.9. The van der Waals surface area contributed by atoms with Crippen LogP contribution in [0.25, 0.3) is 4.85 Å². The van der Waals surface area contributed by atoms with Crippen molar-refractivity contribution < 1.29 is 50.1 Å². The Bertz CT molecular complexity index is 1770. The lowest BCUT2D eigenvalue weighted by molar-refractivity contribution is -0.136. The molecule has 0 bridgehead atoms. The summed E-state index contributed by atoms with van der Waals surface area (Å²) in [5, 5.41) is 4.68. The van der Waals surface area contributed by atoms with Crippen LogP contribution in [-0.2, 0) is 28.9 Å². The number of aliphatic imine (C=N–C) groups is 1. The maximum absolute atomic E-state index is 13.5. The lowest BCUT2D eigenvalue weighted by Crippen LogP contribution is -2.44. The molecule has 0 spiro atoms. The van der Waals surface area contributed by atoms with Crippen LogP contribution in [0.3, 0.4) is 0 Å². The number of rotatable bonds is 11. The van der Waals surface area contributed by atoms with E-state index in [9.17, 15) is 35.9 Å². The fourth-order valence-corrected chi connectivity index (χ4v) is 4.38. The van der Waals surface area contributed by atoms with E-state index in [0.717, 1.165) is 12.1 Å². The highest BCUT2D eigenvalue weighted by Crippen LogP contribution is 2.39. The van der Waals surface area contributed by atoms with Gasteiger partial charge in [-0.1, -0.05) is 66.7 Å². The normalized spacial score (nSPS) is 11.1. The van der Waals surface area contributed by atoms with Crippen molar-refractivity contribution in [1.82, 2.24) is 10.6 Å². The molecule has 0 aromatic heterocycles. The predicted octanol–water partition coefficient (Wildman–Crippen LogP) is 8.54. The quantitative estimate of drug-likeness (QED) is 0.0699. The number of amides is 2. The van der Waals surface area contributed by atoms with E-state index in [1.165, 1.54) is 24.3 Å². The van der Waals surface area contributed by atoms with Gasteiger partial charge < -0.3 is 19.1 Å². The Morgan fingerprint density at radius 3 is 1.80 bits per heavy atom. The number of nitrogens with one attached hydrogen (secondary N) is 2. The molecule has 51 heavy (non-hydrogen) atoms. The maximum Gasteiger partial charge on any atom is 0.414 e. The molecule has 2 N–H and O–H groups in total. The summed E-state index contributed by atoms with van der Waals surface area (Å²) >= 11 is 0. The second kappa shape index (κ2) is 17.4. The lowest BCUT2D eigenvalue weighted by Gasteiger charge is -2.27. The topological polar surface area (TPSA) is 106 Å². The van der Waals surface area contributed by atoms with E-state index in [1.807, 2.05) is 0 Å². The van der Waals surface area contributed by atoms with Gasteiger partial charge in [0.25, 0.3) is 0 Å². The van der Waals surface area contributed by atoms with Gasteiger partial charge in [-0.15, -0.1) is 0 Å². The Kier molecular flexibility index (Phi) is 12.8. The van der Waals surface area contributed by atoms with E-state index in [-0.39, 0.29) is 37.2 Å². The summed E-state index contributed by atoms with van der Waals surface area (Å²) < 4.78 is 96.3. The minimum atomic E-state index is -4.95. The predicted molar refractivity (Wildman–Crippen MR) is 175 cm³/mol. The molecule has 0 heterocycles. The minimum absolute atomic E-state index is 0.0688. The Labute approximate surface area is 288 Å². The summed E-state index contributed by atoms with van der Waals surface area (Å²) in [5.41, 5.74) is -0.861. The van der Waals surface area contributed by atoms with Crippen LogP contribution in [0.1, 0.15) is 16.7 Å². The summed E-state index contributed by atoms with van der Waals surface area (Å²) in [5.74, 6) is -0.169. The van der Waals surface area contributed by atoms with E-state index in [4.69, 9.17) is 20.8 Å². The van der Waals surface area contributed by atoms with Crippen LogP contribution < -0.4 is 20.3 Å².